The van der Waals surface area contributed by atoms with Gasteiger partial charge in [-0.15, -0.1) is 0 Å². The molecule has 0 aromatic carbocycles. The third-order valence-electron chi connectivity index (χ3n) is 3.48. The van der Waals surface area contributed by atoms with E-state index in [-0.39, 0.29) is 17.9 Å². The minimum absolute atomic E-state index is 0.0260. The fraction of sp³-hybridized carbons (Fsp3) is 0.417. The second kappa shape index (κ2) is 5.37. The molecular formula is C12H13BrN4O3. The predicted molar refractivity (Wildman–Crippen MR) is 72.2 cm³/mol. The highest BCUT2D eigenvalue weighted by Gasteiger charge is 2.38. The summed E-state index contributed by atoms with van der Waals surface area (Å²) in [5, 5.41) is 10.5. The highest BCUT2D eigenvalue weighted by molar-refractivity contribution is 9.10. The van der Waals surface area contributed by atoms with Crippen molar-refractivity contribution in [1.29, 1.82) is 0 Å². The molecule has 0 saturated carbocycles. The van der Waals surface area contributed by atoms with E-state index in [0.717, 1.165) is 5.69 Å². The summed E-state index contributed by atoms with van der Waals surface area (Å²) < 4.78 is 11.1. The molecule has 1 aliphatic rings. The van der Waals surface area contributed by atoms with Crippen molar-refractivity contribution in [2.45, 2.75) is 12.0 Å². The molecule has 1 saturated heterocycles. The number of aromatic nitrogens is 3. The number of nitrogens with zero attached hydrogens (tertiary/aromatic N) is 3. The Labute approximate surface area is 123 Å². The molecule has 7 nitrogen and oxygen atoms in total. The fourth-order valence-corrected chi connectivity index (χ4v) is 2.80. The maximum Gasteiger partial charge on any atom is 0.257 e. The summed E-state index contributed by atoms with van der Waals surface area (Å²) in [4.78, 5) is 14.1. The molecule has 1 aliphatic heterocycles. The van der Waals surface area contributed by atoms with Gasteiger partial charge >= 0.3 is 0 Å². The van der Waals surface area contributed by atoms with Gasteiger partial charge in [-0.1, -0.05) is 0 Å². The third kappa shape index (κ3) is 2.36. The number of aromatic amines is 1. The number of nitrogens with one attached hydrogen (secondary N) is 1. The molecule has 3 rings (SSSR count). The summed E-state index contributed by atoms with van der Waals surface area (Å²) >= 11 is 3.19. The minimum atomic E-state index is -0.0839. The lowest BCUT2D eigenvalue weighted by Crippen LogP contribution is -2.29. The number of ether oxygens (including phenoxy) is 1. The number of furan rings is 1. The van der Waals surface area contributed by atoms with Crippen LogP contribution in [0.2, 0.25) is 0 Å². The van der Waals surface area contributed by atoms with Gasteiger partial charge < -0.3 is 14.1 Å². The number of carbonyl (C=O) groups is 1. The molecule has 2 aromatic heterocycles. The Kier molecular flexibility index (Phi) is 3.58. The van der Waals surface area contributed by atoms with Gasteiger partial charge in [0.15, 0.2) is 4.67 Å². The van der Waals surface area contributed by atoms with E-state index in [2.05, 4.69) is 31.3 Å². The molecule has 0 spiro atoms. The maximum atomic E-state index is 12.4. The molecule has 2 atom stereocenters. The summed E-state index contributed by atoms with van der Waals surface area (Å²) in [5.74, 6) is -0.0504. The highest BCUT2D eigenvalue weighted by atomic mass is 79.9. The van der Waals surface area contributed by atoms with E-state index < -0.39 is 0 Å². The number of methoxy groups -OCH3 is 1. The maximum absolute atomic E-state index is 12.4. The first-order valence-corrected chi connectivity index (χ1v) is 6.90. The number of hydrogen-bond acceptors (Lipinski definition) is 5. The molecule has 0 bridgehead atoms. The zero-order chi connectivity index (χ0) is 14.1. The van der Waals surface area contributed by atoms with Crippen molar-refractivity contribution in [2.24, 2.45) is 0 Å². The van der Waals surface area contributed by atoms with Gasteiger partial charge in [0.25, 0.3) is 5.91 Å². The van der Waals surface area contributed by atoms with Crippen LogP contribution in [0.3, 0.4) is 0 Å². The lowest BCUT2D eigenvalue weighted by Gasteiger charge is -2.14. The number of amides is 1. The number of hydrogen-bond donors (Lipinski definition) is 1. The summed E-state index contributed by atoms with van der Waals surface area (Å²) in [6, 6.07) is 1.66. The summed E-state index contributed by atoms with van der Waals surface area (Å²) in [6.07, 6.45) is 3.02. The summed E-state index contributed by atoms with van der Waals surface area (Å²) in [7, 11) is 1.64. The molecule has 106 valence electrons. The van der Waals surface area contributed by atoms with Crippen molar-refractivity contribution < 1.29 is 13.9 Å². The Morgan fingerprint density at radius 2 is 2.45 bits per heavy atom. The van der Waals surface area contributed by atoms with Gasteiger partial charge in [-0.05, 0) is 15.9 Å². The van der Waals surface area contributed by atoms with Crippen molar-refractivity contribution in [3.05, 3.63) is 34.5 Å². The molecule has 0 radical (unpaired) electrons. The van der Waals surface area contributed by atoms with Crippen molar-refractivity contribution in [1.82, 2.24) is 20.3 Å². The van der Waals surface area contributed by atoms with Crippen molar-refractivity contribution in [3.63, 3.8) is 0 Å². The van der Waals surface area contributed by atoms with Crippen LogP contribution in [0.15, 0.2) is 27.6 Å². The quantitative estimate of drug-likeness (QED) is 0.913. The van der Waals surface area contributed by atoms with Gasteiger partial charge in [-0.2, -0.15) is 15.4 Å². The third-order valence-corrected chi connectivity index (χ3v) is 3.90. The Bertz CT molecular complexity index is 598. The van der Waals surface area contributed by atoms with Crippen LogP contribution in [-0.2, 0) is 4.74 Å². The topological polar surface area (TPSA) is 84.2 Å². The van der Waals surface area contributed by atoms with Crippen LogP contribution in [-0.4, -0.2) is 52.5 Å². The van der Waals surface area contributed by atoms with E-state index in [1.54, 1.807) is 24.3 Å². The van der Waals surface area contributed by atoms with Crippen molar-refractivity contribution >= 4 is 21.8 Å². The molecule has 1 N–H and O–H groups in total. The molecule has 0 unspecified atom stereocenters. The molecule has 3 heterocycles. The van der Waals surface area contributed by atoms with E-state index in [4.69, 9.17) is 9.15 Å². The monoisotopic (exact) mass is 340 g/mol. The van der Waals surface area contributed by atoms with Crippen LogP contribution in [0.1, 0.15) is 22.0 Å². The van der Waals surface area contributed by atoms with E-state index in [1.807, 2.05) is 0 Å². The number of carbonyl (C=O) groups excluding carboxylic acids is 1. The Morgan fingerprint density at radius 1 is 1.60 bits per heavy atom. The molecular weight excluding hydrogens is 328 g/mol. The summed E-state index contributed by atoms with van der Waals surface area (Å²) in [6.45, 7) is 1.07. The predicted octanol–water partition coefficient (Wildman–Crippen LogP) is 1.41. The minimum Gasteiger partial charge on any atom is -0.457 e. The first kappa shape index (κ1) is 13.3. The lowest BCUT2D eigenvalue weighted by molar-refractivity contribution is 0.0713. The Hall–Kier alpha value is -1.67. The highest BCUT2D eigenvalue weighted by Crippen LogP contribution is 2.29. The van der Waals surface area contributed by atoms with Gasteiger partial charge in [-0.3, -0.25) is 4.79 Å². The first-order chi connectivity index (χ1) is 9.69. The van der Waals surface area contributed by atoms with Crippen LogP contribution in [0.4, 0.5) is 0 Å². The van der Waals surface area contributed by atoms with Crippen molar-refractivity contribution in [2.75, 3.05) is 20.2 Å². The second-order valence-electron chi connectivity index (χ2n) is 4.63. The van der Waals surface area contributed by atoms with Crippen LogP contribution >= 0.6 is 15.9 Å². The van der Waals surface area contributed by atoms with Crippen LogP contribution in [0.25, 0.3) is 0 Å². The first-order valence-electron chi connectivity index (χ1n) is 6.11. The van der Waals surface area contributed by atoms with Crippen LogP contribution < -0.4 is 0 Å². The number of H-pyrrole nitrogens is 1. The Balaban J connectivity index is 1.78. The van der Waals surface area contributed by atoms with Crippen LogP contribution in [0.5, 0.6) is 0 Å². The van der Waals surface area contributed by atoms with Crippen molar-refractivity contribution in [3.8, 4) is 0 Å². The number of rotatable bonds is 3. The second-order valence-corrected chi connectivity index (χ2v) is 5.41. The van der Waals surface area contributed by atoms with Crippen LogP contribution in [0, 0.1) is 0 Å². The fourth-order valence-electron chi connectivity index (χ4n) is 2.46. The average Bonchev–Trinajstić information content (AvgIpc) is 3.17. The van der Waals surface area contributed by atoms with Gasteiger partial charge in [0.05, 0.1) is 29.5 Å². The largest absolute Gasteiger partial charge is 0.457 e. The zero-order valence-electron chi connectivity index (χ0n) is 10.7. The molecule has 0 aliphatic carbocycles. The molecule has 2 aromatic rings. The standard InChI is InChI=1S/C12H13BrN4O3/c1-19-10-5-17(4-8(10)9-3-14-16-15-9)12(18)7-2-11(13)20-6-7/h2-3,6,8,10H,4-5H2,1H3,(H,14,15,16)/t8-,10+/m0/s1. The summed E-state index contributed by atoms with van der Waals surface area (Å²) in [5.41, 5.74) is 1.33. The lowest BCUT2D eigenvalue weighted by atomic mass is 10.0. The number of halogens is 1. The van der Waals surface area contributed by atoms with E-state index in [1.165, 1.54) is 6.26 Å². The Morgan fingerprint density at radius 3 is 3.05 bits per heavy atom. The van der Waals surface area contributed by atoms with E-state index in [0.29, 0.717) is 23.3 Å². The van der Waals surface area contributed by atoms with Gasteiger partial charge in [0.1, 0.15) is 6.26 Å². The van der Waals surface area contributed by atoms with Gasteiger partial charge in [0.2, 0.25) is 0 Å². The van der Waals surface area contributed by atoms with Gasteiger partial charge in [-0.25, -0.2) is 0 Å². The van der Waals surface area contributed by atoms with E-state index >= 15 is 0 Å². The zero-order valence-corrected chi connectivity index (χ0v) is 12.3. The molecule has 1 fully saturated rings. The smallest absolute Gasteiger partial charge is 0.257 e. The molecule has 1 amide bonds. The number of likely N-dealkylation sites (tertiary alicyclic amines) is 1. The SMILES string of the molecule is CO[C@@H]1CN(C(=O)c2coc(Br)c2)C[C@H]1c1cn[nH]n1. The normalized spacial score (nSPS) is 22.4. The van der Waals surface area contributed by atoms with E-state index in [9.17, 15) is 4.79 Å². The average molecular weight is 341 g/mol. The molecule has 8 heteroatoms. The molecule has 20 heavy (non-hydrogen) atoms. The van der Waals surface area contributed by atoms with Gasteiger partial charge in [0, 0.05) is 26.3 Å².